The first kappa shape index (κ1) is 15.4. The van der Waals surface area contributed by atoms with Gasteiger partial charge >= 0.3 is 0 Å². The zero-order chi connectivity index (χ0) is 16.2. The number of rotatable bonds is 5. The molecule has 23 heavy (non-hydrogen) atoms. The zero-order valence-corrected chi connectivity index (χ0v) is 13.3. The summed E-state index contributed by atoms with van der Waals surface area (Å²) >= 11 is 5.96. The second kappa shape index (κ2) is 6.71. The van der Waals surface area contributed by atoms with Gasteiger partial charge in [0.1, 0.15) is 11.6 Å². The molecule has 3 rings (SSSR count). The van der Waals surface area contributed by atoms with E-state index in [9.17, 15) is 4.79 Å². The third-order valence-electron chi connectivity index (χ3n) is 3.39. The number of ketones is 1. The number of hydrogen-bond acceptors (Lipinski definition) is 5. The molecule has 0 radical (unpaired) electrons. The van der Waals surface area contributed by atoms with Crippen molar-refractivity contribution in [3.63, 3.8) is 0 Å². The molecule has 0 saturated carbocycles. The molecule has 1 heterocycles. The van der Waals surface area contributed by atoms with E-state index < -0.39 is 0 Å². The molecule has 3 aromatic rings. The number of carbonyl (C=O) groups excluding carboxylic acids is 1. The fraction of sp³-hybridized carbons (Fsp3) is 0.176. The Kier molecular flexibility index (Phi) is 4.48. The largest absolute Gasteiger partial charge is 0.323 e. The van der Waals surface area contributed by atoms with Gasteiger partial charge in [0.2, 0.25) is 11.2 Å². The number of nitrogens with zero attached hydrogens (tertiary/aromatic N) is 3. The molecule has 0 bridgehead atoms. The molecule has 0 amide bonds. The van der Waals surface area contributed by atoms with Crippen LogP contribution in [0.1, 0.15) is 19.2 Å². The molecule has 0 spiro atoms. The zero-order valence-electron chi connectivity index (χ0n) is 12.6. The first-order valence-corrected chi connectivity index (χ1v) is 7.64. The molecule has 116 valence electrons. The highest BCUT2D eigenvalue weighted by Gasteiger charge is 2.08. The van der Waals surface area contributed by atoms with Crippen molar-refractivity contribution in [2.45, 2.75) is 19.8 Å². The minimum atomic E-state index is 0.0881. The molecule has 2 aromatic carbocycles. The maximum absolute atomic E-state index is 11.1. The van der Waals surface area contributed by atoms with Crippen LogP contribution in [0.25, 0.3) is 10.8 Å². The molecule has 0 aliphatic carbocycles. The van der Waals surface area contributed by atoms with Gasteiger partial charge in [0.05, 0.1) is 0 Å². The van der Waals surface area contributed by atoms with Gasteiger partial charge in [0, 0.05) is 23.9 Å². The number of aromatic nitrogens is 3. The number of anilines is 2. The van der Waals surface area contributed by atoms with Crippen LogP contribution in [0.5, 0.6) is 0 Å². The summed E-state index contributed by atoms with van der Waals surface area (Å²) in [5.41, 5.74) is 0.892. The van der Waals surface area contributed by atoms with Crippen LogP contribution in [0.4, 0.5) is 11.6 Å². The van der Waals surface area contributed by atoms with Crippen LogP contribution in [-0.2, 0) is 11.2 Å². The third-order valence-corrected chi connectivity index (χ3v) is 3.56. The Morgan fingerprint density at radius 2 is 1.87 bits per heavy atom. The smallest absolute Gasteiger partial charge is 0.231 e. The summed E-state index contributed by atoms with van der Waals surface area (Å²) in [6, 6.07) is 14.0. The second-order valence-electron chi connectivity index (χ2n) is 5.20. The summed E-state index contributed by atoms with van der Waals surface area (Å²) in [5, 5.41) is 5.48. The van der Waals surface area contributed by atoms with Crippen LogP contribution in [0.3, 0.4) is 0 Å². The fourth-order valence-electron chi connectivity index (χ4n) is 2.30. The Bertz CT molecular complexity index is 861. The van der Waals surface area contributed by atoms with Crippen LogP contribution in [0, 0.1) is 0 Å². The lowest BCUT2D eigenvalue weighted by molar-refractivity contribution is -0.117. The molecule has 1 aromatic heterocycles. The number of fused-ring (bicyclic) bond motifs is 1. The van der Waals surface area contributed by atoms with E-state index in [4.69, 9.17) is 11.6 Å². The van der Waals surface area contributed by atoms with E-state index in [0.717, 1.165) is 16.5 Å². The van der Waals surface area contributed by atoms with Gasteiger partial charge in [-0.15, -0.1) is 0 Å². The summed E-state index contributed by atoms with van der Waals surface area (Å²) in [4.78, 5) is 23.6. The summed E-state index contributed by atoms with van der Waals surface area (Å²) < 4.78 is 0. The van der Waals surface area contributed by atoms with Crippen molar-refractivity contribution < 1.29 is 4.79 Å². The first-order valence-electron chi connectivity index (χ1n) is 7.26. The quantitative estimate of drug-likeness (QED) is 0.769. The molecule has 0 atom stereocenters. The average Bonchev–Trinajstić information content (AvgIpc) is 2.53. The van der Waals surface area contributed by atoms with Gasteiger partial charge in [-0.05, 0) is 30.0 Å². The number of aryl methyl sites for hydroxylation is 1. The first-order chi connectivity index (χ1) is 11.1. The maximum Gasteiger partial charge on any atom is 0.231 e. The summed E-state index contributed by atoms with van der Waals surface area (Å²) in [7, 11) is 0. The van der Waals surface area contributed by atoms with Crippen LogP contribution < -0.4 is 5.32 Å². The molecule has 0 fully saturated rings. The van der Waals surface area contributed by atoms with Crippen molar-refractivity contribution in [1.82, 2.24) is 15.0 Å². The number of benzene rings is 2. The van der Waals surface area contributed by atoms with Crippen molar-refractivity contribution in [2.75, 3.05) is 5.32 Å². The topological polar surface area (TPSA) is 67.8 Å². The van der Waals surface area contributed by atoms with Crippen LogP contribution in [-0.4, -0.2) is 20.7 Å². The predicted molar refractivity (Wildman–Crippen MR) is 91.1 cm³/mol. The van der Waals surface area contributed by atoms with Gasteiger partial charge in [0.15, 0.2) is 0 Å². The Hall–Kier alpha value is -2.53. The number of hydrogen-bond donors (Lipinski definition) is 1. The Morgan fingerprint density at radius 1 is 1.09 bits per heavy atom. The predicted octanol–water partition coefficient (Wildman–Crippen LogP) is 3.94. The van der Waals surface area contributed by atoms with E-state index in [-0.39, 0.29) is 11.1 Å². The highest BCUT2D eigenvalue weighted by Crippen LogP contribution is 2.25. The van der Waals surface area contributed by atoms with E-state index in [2.05, 4.69) is 20.3 Å². The average molecular weight is 327 g/mol. The maximum atomic E-state index is 11.1. The third kappa shape index (κ3) is 3.81. The molecule has 1 N–H and O–H groups in total. The molecule has 0 saturated heterocycles. The number of nitrogens with one attached hydrogen (secondary N) is 1. The van der Waals surface area contributed by atoms with Crippen molar-refractivity contribution >= 4 is 39.8 Å². The van der Waals surface area contributed by atoms with Gasteiger partial charge in [-0.1, -0.05) is 36.4 Å². The Morgan fingerprint density at radius 3 is 2.70 bits per heavy atom. The normalized spacial score (nSPS) is 10.7. The molecule has 0 aliphatic heterocycles. The van der Waals surface area contributed by atoms with Crippen molar-refractivity contribution in [1.29, 1.82) is 0 Å². The Labute approximate surface area is 138 Å². The van der Waals surface area contributed by atoms with Crippen LogP contribution in [0.15, 0.2) is 42.5 Å². The van der Waals surface area contributed by atoms with Gasteiger partial charge in [-0.2, -0.15) is 9.97 Å². The number of halogens is 1. The lowest BCUT2D eigenvalue weighted by Gasteiger charge is -2.09. The van der Waals surface area contributed by atoms with E-state index in [1.165, 1.54) is 6.92 Å². The molecule has 0 unspecified atom stereocenters. The van der Waals surface area contributed by atoms with Crippen molar-refractivity contribution in [3.05, 3.63) is 53.6 Å². The highest BCUT2D eigenvalue weighted by atomic mass is 35.5. The molecular formula is C17H15ClN4O. The van der Waals surface area contributed by atoms with Crippen LogP contribution in [0.2, 0.25) is 5.28 Å². The van der Waals surface area contributed by atoms with E-state index in [1.807, 2.05) is 42.5 Å². The molecule has 5 nitrogen and oxygen atoms in total. The second-order valence-corrected chi connectivity index (χ2v) is 5.54. The molecule has 6 heteroatoms. The molecule has 0 aliphatic rings. The standard InChI is InChI=1S/C17H15ClN4O/c1-11(23)9-10-15-20-16(18)22-17(21-15)19-14-8-4-6-12-5-2-3-7-13(12)14/h2-8H,9-10H2,1H3,(H,19,20,21,22). The van der Waals surface area contributed by atoms with Crippen molar-refractivity contribution in [2.24, 2.45) is 0 Å². The summed E-state index contributed by atoms with van der Waals surface area (Å²) in [6.45, 7) is 1.54. The summed E-state index contributed by atoms with van der Waals surface area (Å²) in [6.07, 6.45) is 0.829. The van der Waals surface area contributed by atoms with E-state index >= 15 is 0 Å². The van der Waals surface area contributed by atoms with Gasteiger partial charge in [0.25, 0.3) is 0 Å². The Balaban J connectivity index is 1.91. The van der Waals surface area contributed by atoms with Crippen molar-refractivity contribution in [3.8, 4) is 0 Å². The lowest BCUT2D eigenvalue weighted by atomic mass is 10.1. The molecular weight excluding hydrogens is 312 g/mol. The minimum absolute atomic E-state index is 0.0881. The minimum Gasteiger partial charge on any atom is -0.323 e. The van der Waals surface area contributed by atoms with Gasteiger partial charge < -0.3 is 10.1 Å². The number of carbonyl (C=O) groups is 1. The van der Waals surface area contributed by atoms with E-state index in [0.29, 0.717) is 24.6 Å². The number of Topliss-reactive ketones (excluding diaryl/α,β-unsaturated/α-hetero) is 1. The summed E-state index contributed by atoms with van der Waals surface area (Å²) in [5.74, 6) is 0.966. The monoisotopic (exact) mass is 326 g/mol. The lowest BCUT2D eigenvalue weighted by Crippen LogP contribution is -2.05. The van der Waals surface area contributed by atoms with Gasteiger partial charge in [-0.25, -0.2) is 4.98 Å². The van der Waals surface area contributed by atoms with Crippen LogP contribution >= 0.6 is 11.6 Å². The highest BCUT2D eigenvalue weighted by molar-refractivity contribution is 6.28. The van der Waals surface area contributed by atoms with E-state index in [1.54, 1.807) is 0 Å². The van der Waals surface area contributed by atoms with Gasteiger partial charge in [-0.3, -0.25) is 0 Å². The fourth-order valence-corrected chi connectivity index (χ4v) is 2.48. The SMILES string of the molecule is CC(=O)CCc1nc(Cl)nc(Nc2cccc3ccccc23)n1.